The molecule has 1 N–H and O–H groups in total. The minimum atomic E-state index is -0.331. The molecule has 2 aromatic rings. The van der Waals surface area contributed by atoms with Crippen LogP contribution in [0.3, 0.4) is 0 Å². The number of hydrogen-bond acceptors (Lipinski definition) is 6. The maximum absolute atomic E-state index is 12.9. The van der Waals surface area contributed by atoms with Gasteiger partial charge in [0.15, 0.2) is 0 Å². The maximum Gasteiger partial charge on any atom is 0.242 e. The van der Waals surface area contributed by atoms with Gasteiger partial charge in [-0.2, -0.15) is 5.10 Å². The van der Waals surface area contributed by atoms with Crippen LogP contribution >= 0.6 is 0 Å². The number of nitrogens with one attached hydrogen (secondary N) is 1. The minimum Gasteiger partial charge on any atom is -0.379 e. The molecule has 1 saturated heterocycles. The quantitative estimate of drug-likeness (QED) is 0.739. The van der Waals surface area contributed by atoms with Crippen LogP contribution in [0.1, 0.15) is 29.7 Å². The van der Waals surface area contributed by atoms with Crippen molar-refractivity contribution in [2.45, 2.75) is 32.9 Å². The third kappa shape index (κ3) is 4.64. The number of ether oxygens (including phenoxy) is 1. The van der Waals surface area contributed by atoms with Crippen LogP contribution in [0.15, 0.2) is 24.5 Å². The summed E-state index contributed by atoms with van der Waals surface area (Å²) in [5.41, 5.74) is 0.912. The zero-order valence-electron chi connectivity index (χ0n) is 15.4. The van der Waals surface area contributed by atoms with Crippen LogP contribution in [-0.4, -0.2) is 63.4 Å². The number of carbonyl (C=O) groups is 1. The zero-order chi connectivity index (χ0) is 18.4. The van der Waals surface area contributed by atoms with E-state index in [0.29, 0.717) is 19.8 Å². The fraction of sp³-hybridized carbons (Fsp3) is 0.556. The highest BCUT2D eigenvalue weighted by Gasteiger charge is 2.28. The highest BCUT2D eigenvalue weighted by molar-refractivity contribution is 5.83. The van der Waals surface area contributed by atoms with Crippen molar-refractivity contribution in [3.8, 4) is 0 Å². The second kappa shape index (κ2) is 8.86. The van der Waals surface area contributed by atoms with E-state index in [0.717, 1.165) is 43.3 Å². The zero-order valence-corrected chi connectivity index (χ0v) is 15.4. The molecule has 3 rings (SSSR count). The summed E-state index contributed by atoms with van der Waals surface area (Å²) >= 11 is 0. The summed E-state index contributed by atoms with van der Waals surface area (Å²) in [7, 11) is 0. The van der Waals surface area contributed by atoms with Gasteiger partial charge in [-0.25, -0.2) is 4.98 Å². The van der Waals surface area contributed by atoms with Crippen LogP contribution < -0.4 is 5.32 Å². The molecule has 1 fully saturated rings. The first-order valence-corrected chi connectivity index (χ1v) is 9.02. The Morgan fingerprint density at radius 3 is 2.81 bits per heavy atom. The van der Waals surface area contributed by atoms with Gasteiger partial charge >= 0.3 is 0 Å². The predicted molar refractivity (Wildman–Crippen MR) is 96.5 cm³/mol. The molecule has 3 heterocycles. The van der Waals surface area contributed by atoms with Gasteiger partial charge in [0, 0.05) is 38.6 Å². The van der Waals surface area contributed by atoms with E-state index < -0.39 is 0 Å². The number of nitrogens with zero attached hydrogens (tertiary/aromatic N) is 5. The van der Waals surface area contributed by atoms with Crippen LogP contribution in [0.4, 0.5) is 0 Å². The van der Waals surface area contributed by atoms with Gasteiger partial charge in [-0.05, 0) is 31.9 Å². The first-order chi connectivity index (χ1) is 12.6. The summed E-state index contributed by atoms with van der Waals surface area (Å²) in [5.74, 6) is 1.68. The molecular weight excluding hydrogens is 332 g/mol. The van der Waals surface area contributed by atoms with Crippen molar-refractivity contribution in [2.24, 2.45) is 0 Å². The Morgan fingerprint density at radius 2 is 2.15 bits per heavy atom. The SMILES string of the molecule is Cc1nc(C)n(CCCNC(=O)[C@@H](c2cccnc2)N2CCOCC2)n1. The van der Waals surface area contributed by atoms with Crippen molar-refractivity contribution in [2.75, 3.05) is 32.8 Å². The molecule has 8 nitrogen and oxygen atoms in total. The van der Waals surface area contributed by atoms with E-state index in [1.165, 1.54) is 0 Å². The Balaban J connectivity index is 1.57. The van der Waals surface area contributed by atoms with Crippen molar-refractivity contribution < 1.29 is 9.53 Å². The van der Waals surface area contributed by atoms with Crippen LogP contribution in [0.25, 0.3) is 0 Å². The Bertz CT molecular complexity index is 712. The fourth-order valence-electron chi connectivity index (χ4n) is 3.21. The molecule has 1 aliphatic heterocycles. The van der Waals surface area contributed by atoms with Gasteiger partial charge in [-0.3, -0.25) is 19.4 Å². The highest BCUT2D eigenvalue weighted by atomic mass is 16.5. The minimum absolute atomic E-state index is 0.00592. The van der Waals surface area contributed by atoms with Crippen LogP contribution in [0.5, 0.6) is 0 Å². The van der Waals surface area contributed by atoms with E-state index in [4.69, 9.17) is 4.74 Å². The normalized spacial score (nSPS) is 16.4. The summed E-state index contributed by atoms with van der Waals surface area (Å²) in [4.78, 5) is 23.5. The standard InChI is InChI=1S/C18H26N6O2/c1-14-21-15(2)24(22-14)8-4-7-20-18(25)17(16-5-3-6-19-13-16)23-9-11-26-12-10-23/h3,5-6,13,17H,4,7-12H2,1-2H3,(H,20,25)/t17-/m1/s1. The van der Waals surface area contributed by atoms with Gasteiger partial charge in [0.25, 0.3) is 0 Å². The number of aromatic nitrogens is 4. The van der Waals surface area contributed by atoms with Crippen molar-refractivity contribution in [1.29, 1.82) is 0 Å². The lowest BCUT2D eigenvalue weighted by molar-refractivity contribution is -0.128. The summed E-state index contributed by atoms with van der Waals surface area (Å²) in [5, 5.41) is 7.41. The Hall–Kier alpha value is -2.32. The Morgan fingerprint density at radius 1 is 1.35 bits per heavy atom. The smallest absolute Gasteiger partial charge is 0.242 e. The molecule has 140 valence electrons. The molecule has 1 aliphatic rings. The molecule has 0 radical (unpaired) electrons. The average molecular weight is 358 g/mol. The van der Waals surface area contributed by atoms with Gasteiger partial charge in [0.1, 0.15) is 17.7 Å². The molecule has 0 bridgehead atoms. The molecule has 1 atom stereocenters. The van der Waals surface area contributed by atoms with Crippen molar-refractivity contribution in [3.05, 3.63) is 41.7 Å². The van der Waals surface area contributed by atoms with Gasteiger partial charge in [-0.15, -0.1) is 0 Å². The summed E-state index contributed by atoms with van der Waals surface area (Å²) < 4.78 is 7.30. The fourth-order valence-corrected chi connectivity index (χ4v) is 3.21. The lowest BCUT2D eigenvalue weighted by Gasteiger charge is -2.33. The second-order valence-electron chi connectivity index (χ2n) is 6.41. The molecule has 0 unspecified atom stereocenters. The van der Waals surface area contributed by atoms with E-state index >= 15 is 0 Å². The van der Waals surface area contributed by atoms with E-state index in [1.807, 2.05) is 30.7 Å². The monoisotopic (exact) mass is 358 g/mol. The van der Waals surface area contributed by atoms with E-state index in [1.54, 1.807) is 12.4 Å². The number of carbonyl (C=O) groups excluding carboxylic acids is 1. The molecule has 0 saturated carbocycles. The second-order valence-corrected chi connectivity index (χ2v) is 6.41. The summed E-state index contributed by atoms with van der Waals surface area (Å²) in [6, 6.07) is 3.49. The van der Waals surface area contributed by atoms with Crippen LogP contribution in [-0.2, 0) is 16.1 Å². The Labute approximate surface area is 153 Å². The number of pyridine rings is 1. The van der Waals surface area contributed by atoms with Gasteiger partial charge in [0.2, 0.25) is 5.91 Å². The molecule has 0 aromatic carbocycles. The molecule has 0 spiro atoms. The summed E-state index contributed by atoms with van der Waals surface area (Å²) in [6.45, 7) is 7.93. The maximum atomic E-state index is 12.9. The predicted octanol–water partition coefficient (Wildman–Crippen LogP) is 0.870. The molecule has 0 aliphatic carbocycles. The number of rotatable bonds is 7. The first kappa shape index (κ1) is 18.5. The van der Waals surface area contributed by atoms with Gasteiger partial charge in [-0.1, -0.05) is 6.07 Å². The van der Waals surface area contributed by atoms with E-state index in [9.17, 15) is 4.79 Å². The number of hydrogen-bond donors (Lipinski definition) is 1. The van der Waals surface area contributed by atoms with Crippen LogP contribution in [0.2, 0.25) is 0 Å². The highest BCUT2D eigenvalue weighted by Crippen LogP contribution is 2.21. The van der Waals surface area contributed by atoms with Crippen LogP contribution in [0, 0.1) is 13.8 Å². The van der Waals surface area contributed by atoms with E-state index in [2.05, 4.69) is 25.3 Å². The average Bonchev–Trinajstić information content (AvgIpc) is 2.98. The van der Waals surface area contributed by atoms with Crippen molar-refractivity contribution >= 4 is 5.91 Å². The molecule has 8 heteroatoms. The lowest BCUT2D eigenvalue weighted by atomic mass is 10.1. The van der Waals surface area contributed by atoms with Gasteiger partial charge in [0.05, 0.1) is 13.2 Å². The third-order valence-corrected chi connectivity index (χ3v) is 4.47. The molecule has 26 heavy (non-hydrogen) atoms. The summed E-state index contributed by atoms with van der Waals surface area (Å²) in [6.07, 6.45) is 4.29. The Kier molecular flexibility index (Phi) is 6.30. The topological polar surface area (TPSA) is 85.2 Å². The molecule has 1 amide bonds. The third-order valence-electron chi connectivity index (χ3n) is 4.47. The van der Waals surface area contributed by atoms with Crippen molar-refractivity contribution in [3.63, 3.8) is 0 Å². The molecular formula is C18H26N6O2. The largest absolute Gasteiger partial charge is 0.379 e. The van der Waals surface area contributed by atoms with E-state index in [-0.39, 0.29) is 11.9 Å². The first-order valence-electron chi connectivity index (χ1n) is 9.02. The lowest BCUT2D eigenvalue weighted by Crippen LogP contribution is -2.46. The van der Waals surface area contributed by atoms with Crippen molar-refractivity contribution in [1.82, 2.24) is 30.0 Å². The number of aryl methyl sites for hydroxylation is 3. The number of amides is 1. The number of morpholine rings is 1. The molecule has 2 aromatic heterocycles. The van der Waals surface area contributed by atoms with Gasteiger partial charge < -0.3 is 10.1 Å².